The summed E-state index contributed by atoms with van der Waals surface area (Å²) in [5, 5.41) is 2.99. The summed E-state index contributed by atoms with van der Waals surface area (Å²) < 4.78 is 0. The quantitative estimate of drug-likeness (QED) is 0.428. The van der Waals surface area contributed by atoms with Gasteiger partial charge in [-0.25, -0.2) is 0 Å². The van der Waals surface area contributed by atoms with Crippen molar-refractivity contribution in [2.24, 2.45) is 0 Å². The number of aldehydes is 1. The molecule has 0 aliphatic carbocycles. The van der Waals surface area contributed by atoms with Gasteiger partial charge in [-0.2, -0.15) is 0 Å². The van der Waals surface area contributed by atoms with Crippen LogP contribution in [0.3, 0.4) is 0 Å². The van der Waals surface area contributed by atoms with Gasteiger partial charge in [0.25, 0.3) is 0 Å². The molecule has 0 amide bonds. The highest BCUT2D eigenvalue weighted by Gasteiger charge is 2.51. The minimum Gasteiger partial charge on any atom is -0.299 e. The fourth-order valence-corrected chi connectivity index (χ4v) is 10.7. The molecule has 1 unspecified atom stereocenters. The maximum absolute atomic E-state index is 11.0. The molecule has 0 saturated carbocycles. The first kappa shape index (κ1) is 18.4. The van der Waals surface area contributed by atoms with Crippen molar-refractivity contribution in [1.82, 2.24) is 0 Å². The van der Waals surface area contributed by atoms with Gasteiger partial charge in [0, 0.05) is 0 Å². The van der Waals surface area contributed by atoms with Gasteiger partial charge in [-0.05, 0) is 16.7 Å². The summed E-state index contributed by atoms with van der Waals surface area (Å²) in [7, 11) is -2.16. The molecule has 2 rings (SSSR count). The van der Waals surface area contributed by atoms with Crippen LogP contribution in [0.25, 0.3) is 0 Å². The van der Waals surface area contributed by atoms with Crippen molar-refractivity contribution in [3.63, 3.8) is 0 Å². The molecule has 1 nitrogen and oxygen atoms in total. The third-order valence-electron chi connectivity index (χ3n) is 5.06. The predicted octanol–water partition coefficient (Wildman–Crippen LogP) is 4.59. The molecule has 24 heavy (non-hydrogen) atoms. The average molecular weight is 337 g/mol. The Morgan fingerprint density at radius 1 is 0.917 bits per heavy atom. The first-order valence-electron chi connectivity index (χ1n) is 8.71. The molecule has 2 aromatic rings. The summed E-state index contributed by atoms with van der Waals surface area (Å²) in [6, 6.07) is 21.8. The summed E-state index contributed by atoms with van der Waals surface area (Å²) in [5.74, 6) is 0. The standard InChI is InChI=1S/C22H28OSi/c1-5-19(17-12-18-23)24(22(2,3)4,20-13-8-6-9-14-20)21-15-10-7-11-16-21/h6-19H,5H2,1-4H3/b17-12+. The number of allylic oxidation sites excluding steroid dienone is 2. The first-order valence-corrected chi connectivity index (χ1v) is 10.8. The maximum Gasteiger partial charge on any atom is 0.142 e. The number of carbonyl (C=O) groups is 1. The van der Waals surface area contributed by atoms with E-state index in [4.69, 9.17) is 0 Å². The van der Waals surface area contributed by atoms with E-state index in [1.54, 1.807) is 6.08 Å². The Bertz CT molecular complexity index is 629. The van der Waals surface area contributed by atoms with Crippen LogP contribution >= 0.6 is 0 Å². The lowest BCUT2D eigenvalue weighted by molar-refractivity contribution is -0.104. The van der Waals surface area contributed by atoms with Crippen LogP contribution in [0.5, 0.6) is 0 Å². The van der Waals surface area contributed by atoms with Gasteiger partial charge in [-0.3, -0.25) is 4.79 Å². The van der Waals surface area contributed by atoms with E-state index in [0.29, 0.717) is 5.54 Å². The van der Waals surface area contributed by atoms with E-state index < -0.39 is 8.07 Å². The highest BCUT2D eigenvalue weighted by Crippen LogP contribution is 2.45. The van der Waals surface area contributed by atoms with E-state index in [1.165, 1.54) is 10.4 Å². The van der Waals surface area contributed by atoms with Crippen molar-refractivity contribution in [2.45, 2.75) is 44.7 Å². The van der Waals surface area contributed by atoms with Crippen LogP contribution in [0.4, 0.5) is 0 Å². The monoisotopic (exact) mass is 336 g/mol. The number of benzene rings is 2. The van der Waals surface area contributed by atoms with E-state index in [9.17, 15) is 4.79 Å². The molecule has 0 saturated heterocycles. The Kier molecular flexibility index (Phi) is 5.95. The zero-order chi connectivity index (χ0) is 17.6. The molecule has 0 aliphatic heterocycles. The minimum atomic E-state index is -2.16. The highest BCUT2D eigenvalue weighted by atomic mass is 28.3. The molecule has 2 aromatic carbocycles. The Morgan fingerprint density at radius 3 is 1.71 bits per heavy atom. The molecular weight excluding hydrogens is 308 g/mol. The van der Waals surface area contributed by atoms with Gasteiger partial charge in [0.2, 0.25) is 0 Å². The summed E-state index contributed by atoms with van der Waals surface area (Å²) in [4.78, 5) is 11.0. The lowest BCUT2D eigenvalue weighted by atomic mass is 10.2. The molecule has 0 N–H and O–H groups in total. The molecule has 1 atom stereocenters. The Morgan fingerprint density at radius 2 is 1.38 bits per heavy atom. The van der Waals surface area contributed by atoms with E-state index >= 15 is 0 Å². The zero-order valence-electron chi connectivity index (χ0n) is 15.2. The Balaban J connectivity index is 2.84. The van der Waals surface area contributed by atoms with Crippen LogP contribution in [0.15, 0.2) is 72.8 Å². The van der Waals surface area contributed by atoms with Crippen LogP contribution in [0.1, 0.15) is 34.1 Å². The van der Waals surface area contributed by atoms with Gasteiger partial charge in [-0.1, -0.05) is 111 Å². The van der Waals surface area contributed by atoms with Crippen molar-refractivity contribution in [2.75, 3.05) is 0 Å². The molecule has 0 fully saturated rings. The molecule has 0 radical (unpaired) electrons. The highest BCUT2D eigenvalue weighted by molar-refractivity contribution is 7.05. The van der Waals surface area contributed by atoms with Crippen molar-refractivity contribution in [3.05, 3.63) is 72.8 Å². The molecular formula is C22H28OSi. The third kappa shape index (κ3) is 3.29. The number of carbonyl (C=O) groups excluding carboxylic acids is 1. The van der Waals surface area contributed by atoms with Gasteiger partial charge in [0.05, 0.1) is 0 Å². The fraction of sp³-hybridized carbons (Fsp3) is 0.318. The summed E-state index contributed by atoms with van der Waals surface area (Å²) in [5.41, 5.74) is 0.368. The Hall–Kier alpha value is -1.93. The van der Waals surface area contributed by atoms with E-state index in [0.717, 1.165) is 12.7 Å². The van der Waals surface area contributed by atoms with Gasteiger partial charge in [-0.15, -0.1) is 0 Å². The van der Waals surface area contributed by atoms with Crippen molar-refractivity contribution in [1.29, 1.82) is 0 Å². The topological polar surface area (TPSA) is 17.1 Å². The molecule has 0 spiro atoms. The number of hydrogen-bond acceptors (Lipinski definition) is 1. The molecule has 0 aromatic heterocycles. The molecule has 2 heteroatoms. The summed E-state index contributed by atoms with van der Waals surface area (Å²) in [6.07, 6.45) is 5.76. The third-order valence-corrected chi connectivity index (χ3v) is 11.6. The normalized spacial score (nSPS) is 13.8. The number of rotatable bonds is 6. The van der Waals surface area contributed by atoms with Gasteiger partial charge in [0.1, 0.15) is 14.4 Å². The zero-order valence-corrected chi connectivity index (χ0v) is 16.2. The fourth-order valence-electron chi connectivity index (χ4n) is 4.19. The average Bonchev–Trinajstić information content (AvgIpc) is 2.59. The van der Waals surface area contributed by atoms with Crippen molar-refractivity contribution < 1.29 is 4.79 Å². The SMILES string of the molecule is CCC(/C=C/C=O)[Si](c1ccccc1)(c1ccccc1)C(C)(C)C. The van der Waals surface area contributed by atoms with Crippen LogP contribution in [-0.2, 0) is 4.79 Å². The largest absolute Gasteiger partial charge is 0.299 e. The van der Waals surface area contributed by atoms with Crippen LogP contribution in [0, 0.1) is 0 Å². The minimum absolute atomic E-state index is 0.115. The number of hydrogen-bond donors (Lipinski definition) is 0. The Labute approximate surface area is 147 Å². The molecule has 0 heterocycles. The lowest BCUT2D eigenvalue weighted by Gasteiger charge is -2.48. The van der Waals surface area contributed by atoms with Crippen LogP contribution in [0.2, 0.25) is 10.6 Å². The van der Waals surface area contributed by atoms with Gasteiger partial charge in [0.15, 0.2) is 0 Å². The second-order valence-corrected chi connectivity index (χ2v) is 12.3. The second-order valence-electron chi connectivity index (χ2n) is 7.33. The van der Waals surface area contributed by atoms with E-state index in [2.05, 4.69) is 94.4 Å². The predicted molar refractivity (Wildman–Crippen MR) is 107 cm³/mol. The lowest BCUT2D eigenvalue weighted by Crippen LogP contribution is -2.66. The van der Waals surface area contributed by atoms with Crippen molar-refractivity contribution in [3.8, 4) is 0 Å². The smallest absolute Gasteiger partial charge is 0.142 e. The van der Waals surface area contributed by atoms with E-state index in [1.807, 2.05) is 0 Å². The van der Waals surface area contributed by atoms with Gasteiger partial charge >= 0.3 is 0 Å². The molecule has 126 valence electrons. The van der Waals surface area contributed by atoms with Gasteiger partial charge < -0.3 is 0 Å². The van der Waals surface area contributed by atoms with Crippen LogP contribution < -0.4 is 10.4 Å². The van der Waals surface area contributed by atoms with Crippen molar-refractivity contribution >= 4 is 24.7 Å². The summed E-state index contributed by atoms with van der Waals surface area (Å²) >= 11 is 0. The second kappa shape index (κ2) is 7.76. The van der Waals surface area contributed by atoms with E-state index in [-0.39, 0.29) is 5.04 Å². The molecule has 0 bridgehead atoms. The first-order chi connectivity index (χ1) is 11.5. The van der Waals surface area contributed by atoms with Crippen LogP contribution in [-0.4, -0.2) is 14.4 Å². The summed E-state index contributed by atoms with van der Waals surface area (Å²) in [6.45, 7) is 9.31. The molecule has 0 aliphatic rings. The maximum atomic E-state index is 11.0.